The lowest BCUT2D eigenvalue weighted by Crippen LogP contribution is -2.19. The Morgan fingerprint density at radius 2 is 2.05 bits per heavy atom. The third kappa shape index (κ3) is 1.24. The highest BCUT2D eigenvalue weighted by Gasteiger charge is 2.36. The van der Waals surface area contributed by atoms with Crippen molar-refractivity contribution >= 4 is 16.5 Å². The number of aromatic hydroxyl groups is 1. The lowest BCUT2D eigenvalue weighted by Gasteiger charge is -2.28. The van der Waals surface area contributed by atoms with Gasteiger partial charge in [0.1, 0.15) is 11.5 Å². The van der Waals surface area contributed by atoms with Crippen molar-refractivity contribution < 1.29 is 10.2 Å². The first-order valence-electron chi connectivity index (χ1n) is 7.08. The van der Waals surface area contributed by atoms with E-state index in [4.69, 9.17) is 0 Å². The molecule has 2 aromatic rings. The van der Waals surface area contributed by atoms with Gasteiger partial charge in [-0.25, -0.2) is 0 Å². The van der Waals surface area contributed by atoms with Crippen molar-refractivity contribution in [3.63, 3.8) is 0 Å². The summed E-state index contributed by atoms with van der Waals surface area (Å²) in [6.07, 6.45) is 6.25. The molecule has 0 fully saturated rings. The average Bonchev–Trinajstić information content (AvgIpc) is 2.64. The number of rotatable bonds is 0. The molecular weight excluding hydrogens is 262 g/mol. The van der Waals surface area contributed by atoms with E-state index in [2.05, 4.69) is 18.2 Å². The van der Waals surface area contributed by atoms with Crippen LogP contribution >= 0.6 is 0 Å². The highest BCUT2D eigenvalue weighted by molar-refractivity contribution is 6.01. The molecule has 0 amide bonds. The Morgan fingerprint density at radius 3 is 2.86 bits per heavy atom. The Morgan fingerprint density at radius 1 is 1.14 bits per heavy atom. The highest BCUT2D eigenvalue weighted by atomic mass is 16.3. The summed E-state index contributed by atoms with van der Waals surface area (Å²) in [5.41, 5.74) is 3.99. The summed E-state index contributed by atoms with van der Waals surface area (Å²) in [6.45, 7) is 0.757. The minimum absolute atomic E-state index is 0.0931. The first-order valence-corrected chi connectivity index (χ1v) is 7.08. The molecule has 2 aromatic carbocycles. The fourth-order valence-electron chi connectivity index (χ4n) is 3.82. The topological polar surface area (TPSA) is 43.7 Å². The molecule has 21 heavy (non-hydrogen) atoms. The first-order chi connectivity index (χ1) is 10.2. The molecule has 0 spiro atoms. The summed E-state index contributed by atoms with van der Waals surface area (Å²) in [5.74, 6) is 0.521. The van der Waals surface area contributed by atoms with Gasteiger partial charge in [-0.05, 0) is 40.1 Å². The number of aliphatic hydroxyl groups is 1. The highest BCUT2D eigenvalue weighted by Crippen LogP contribution is 2.50. The van der Waals surface area contributed by atoms with Crippen molar-refractivity contribution in [2.75, 3.05) is 6.54 Å². The number of phenols is 1. The molecule has 1 unspecified atom stereocenters. The Kier molecular flexibility index (Phi) is 1.84. The summed E-state index contributed by atoms with van der Waals surface area (Å²) < 4.78 is 0. The van der Waals surface area contributed by atoms with E-state index in [1.54, 1.807) is 12.1 Å². The van der Waals surface area contributed by atoms with Gasteiger partial charge in [0.2, 0.25) is 0 Å². The van der Waals surface area contributed by atoms with Gasteiger partial charge < -0.3 is 15.1 Å². The van der Waals surface area contributed by atoms with Crippen LogP contribution in [0.4, 0.5) is 0 Å². The minimum Gasteiger partial charge on any atom is -0.509 e. The van der Waals surface area contributed by atoms with Gasteiger partial charge in [0.25, 0.3) is 0 Å². The second-order valence-corrected chi connectivity index (χ2v) is 5.78. The number of hydrogen-bond acceptors (Lipinski definition) is 3. The summed E-state index contributed by atoms with van der Waals surface area (Å²) >= 11 is 0. The van der Waals surface area contributed by atoms with Crippen molar-refractivity contribution in [2.45, 2.75) is 5.92 Å². The number of aliphatic hydroxyl groups excluding tert-OH is 1. The molecule has 2 N–H and O–H groups in total. The largest absolute Gasteiger partial charge is 0.509 e. The molecule has 6 rings (SSSR count). The molecule has 3 aliphatic heterocycles. The standard InChI is InChI=1S/C18H13NO2/c20-12-8-11-2-1-3-13-15(11)14(9-12)17-18(21)16(13)10-4-6-19(17)7-5-10/h1-6,8-9,16,20-21H,7H2. The van der Waals surface area contributed by atoms with Gasteiger partial charge >= 0.3 is 0 Å². The average molecular weight is 275 g/mol. The number of benzene rings is 2. The number of nitrogens with zero attached hydrogens (tertiary/aromatic N) is 1. The maximum Gasteiger partial charge on any atom is 0.128 e. The summed E-state index contributed by atoms with van der Waals surface area (Å²) in [5, 5.41) is 23.0. The van der Waals surface area contributed by atoms with E-state index in [0.29, 0.717) is 5.76 Å². The zero-order chi connectivity index (χ0) is 14.1. The Labute approximate surface area is 121 Å². The van der Waals surface area contributed by atoms with Gasteiger partial charge in [0.15, 0.2) is 0 Å². The van der Waals surface area contributed by atoms with Gasteiger partial charge in [0.05, 0.1) is 11.6 Å². The van der Waals surface area contributed by atoms with Crippen LogP contribution in [0.25, 0.3) is 16.5 Å². The molecule has 4 bridgehead atoms. The molecule has 0 saturated carbocycles. The smallest absolute Gasteiger partial charge is 0.128 e. The van der Waals surface area contributed by atoms with Gasteiger partial charge in [0, 0.05) is 18.3 Å². The van der Waals surface area contributed by atoms with E-state index in [0.717, 1.165) is 39.7 Å². The quantitative estimate of drug-likeness (QED) is 0.771. The maximum absolute atomic E-state index is 10.8. The molecule has 3 heterocycles. The van der Waals surface area contributed by atoms with E-state index in [1.807, 2.05) is 23.2 Å². The predicted molar refractivity (Wildman–Crippen MR) is 81.8 cm³/mol. The second-order valence-electron chi connectivity index (χ2n) is 5.78. The van der Waals surface area contributed by atoms with Crippen LogP contribution in [0.2, 0.25) is 0 Å². The Balaban J connectivity index is 2.00. The molecule has 1 aliphatic carbocycles. The maximum atomic E-state index is 10.8. The van der Waals surface area contributed by atoms with Crippen LogP contribution in [0.3, 0.4) is 0 Å². The van der Waals surface area contributed by atoms with Crippen molar-refractivity contribution in [2.24, 2.45) is 0 Å². The lowest BCUT2D eigenvalue weighted by atomic mass is 9.80. The number of allylic oxidation sites excluding steroid dienone is 2. The second kappa shape index (κ2) is 3.50. The van der Waals surface area contributed by atoms with Crippen LogP contribution in [-0.4, -0.2) is 21.7 Å². The Bertz CT molecular complexity index is 905. The van der Waals surface area contributed by atoms with Gasteiger partial charge in [-0.3, -0.25) is 0 Å². The van der Waals surface area contributed by atoms with E-state index >= 15 is 0 Å². The van der Waals surface area contributed by atoms with E-state index in [-0.39, 0.29) is 11.7 Å². The molecule has 1 atom stereocenters. The number of phenolic OH excluding ortho intramolecular Hbond substituents is 1. The molecule has 0 radical (unpaired) electrons. The summed E-state index contributed by atoms with van der Waals surface area (Å²) in [7, 11) is 0. The molecule has 3 heteroatoms. The van der Waals surface area contributed by atoms with E-state index in [9.17, 15) is 10.2 Å². The fraction of sp³-hybridized carbons (Fsp3) is 0.111. The zero-order valence-corrected chi connectivity index (χ0v) is 11.2. The monoisotopic (exact) mass is 275 g/mol. The fourth-order valence-corrected chi connectivity index (χ4v) is 3.82. The number of fused-ring (bicyclic) bond motifs is 1. The molecule has 3 nitrogen and oxygen atoms in total. The van der Waals surface area contributed by atoms with Crippen LogP contribution in [-0.2, 0) is 0 Å². The number of hydrogen-bond donors (Lipinski definition) is 2. The van der Waals surface area contributed by atoms with E-state index < -0.39 is 0 Å². The molecule has 102 valence electrons. The minimum atomic E-state index is -0.0931. The molecule has 4 aliphatic rings. The van der Waals surface area contributed by atoms with Crippen LogP contribution in [0, 0.1) is 0 Å². The van der Waals surface area contributed by atoms with Crippen molar-refractivity contribution in [3.8, 4) is 5.75 Å². The van der Waals surface area contributed by atoms with Gasteiger partial charge in [-0.15, -0.1) is 0 Å². The predicted octanol–water partition coefficient (Wildman–Crippen LogP) is 3.64. The molecular formula is C18H13NO2. The van der Waals surface area contributed by atoms with Crippen molar-refractivity contribution in [1.29, 1.82) is 0 Å². The van der Waals surface area contributed by atoms with Crippen LogP contribution in [0.5, 0.6) is 5.75 Å². The first kappa shape index (κ1) is 11.0. The zero-order valence-electron chi connectivity index (χ0n) is 11.2. The van der Waals surface area contributed by atoms with Crippen molar-refractivity contribution in [1.82, 2.24) is 4.90 Å². The van der Waals surface area contributed by atoms with Gasteiger partial charge in [-0.2, -0.15) is 0 Å². The van der Waals surface area contributed by atoms with Gasteiger partial charge in [-0.1, -0.05) is 24.3 Å². The molecule has 0 saturated heterocycles. The van der Waals surface area contributed by atoms with Crippen LogP contribution in [0.15, 0.2) is 60.0 Å². The summed E-state index contributed by atoms with van der Waals surface area (Å²) in [6, 6.07) is 9.61. The normalized spacial score (nSPS) is 21.8. The Hall–Kier alpha value is -2.68. The van der Waals surface area contributed by atoms with Crippen LogP contribution in [0.1, 0.15) is 17.0 Å². The molecule has 0 aromatic heterocycles. The summed E-state index contributed by atoms with van der Waals surface area (Å²) in [4.78, 5) is 2.04. The van der Waals surface area contributed by atoms with Crippen LogP contribution < -0.4 is 0 Å². The third-order valence-corrected chi connectivity index (χ3v) is 4.67. The van der Waals surface area contributed by atoms with Crippen molar-refractivity contribution in [3.05, 3.63) is 71.1 Å². The van der Waals surface area contributed by atoms with E-state index in [1.165, 1.54) is 0 Å². The SMILES string of the molecule is OC1=C2c3cc(O)cc4cccc(c34)C1C1=CCN2C=C1. The third-order valence-electron chi connectivity index (χ3n) is 4.67. The lowest BCUT2D eigenvalue weighted by molar-refractivity contribution is 0.376.